The minimum absolute atomic E-state index is 0.0164. The van der Waals surface area contributed by atoms with Crippen molar-refractivity contribution in [1.82, 2.24) is 4.57 Å². The van der Waals surface area contributed by atoms with Gasteiger partial charge in [0.15, 0.2) is 0 Å². The molecule has 0 radical (unpaired) electrons. The Kier molecular flexibility index (Phi) is 6.23. The number of carbonyl (C=O) groups is 1. The van der Waals surface area contributed by atoms with Gasteiger partial charge in [-0.15, -0.1) is 0 Å². The molecule has 3 rings (SSSR count). The van der Waals surface area contributed by atoms with Crippen molar-refractivity contribution >= 4 is 17.6 Å². The number of aromatic nitrogens is 1. The van der Waals surface area contributed by atoms with Gasteiger partial charge in [-0.2, -0.15) is 0 Å². The fraction of sp³-hybridized carbons (Fsp3) is 0.429. The lowest BCUT2D eigenvalue weighted by atomic mass is 9.92. The van der Waals surface area contributed by atoms with E-state index >= 15 is 0 Å². The Morgan fingerprint density at radius 1 is 1.36 bits per heavy atom. The largest absolute Gasteiger partial charge is 0.480 e. The molecular formula is C21H24ClNO5. The second-order valence-electron chi connectivity index (χ2n) is 7.22. The van der Waals surface area contributed by atoms with Crippen LogP contribution in [0.25, 0.3) is 11.1 Å². The van der Waals surface area contributed by atoms with Crippen molar-refractivity contribution in [1.29, 1.82) is 0 Å². The zero-order valence-electron chi connectivity index (χ0n) is 16.1. The minimum atomic E-state index is -1.07. The molecule has 0 saturated carbocycles. The van der Waals surface area contributed by atoms with Gasteiger partial charge >= 0.3 is 5.97 Å². The van der Waals surface area contributed by atoms with E-state index in [1.165, 1.54) is 17.7 Å². The normalized spacial score (nSPS) is 18.4. The molecule has 3 atom stereocenters. The maximum Gasteiger partial charge on any atom is 0.326 e. The van der Waals surface area contributed by atoms with E-state index in [1.807, 2.05) is 25.1 Å². The lowest BCUT2D eigenvalue weighted by molar-refractivity contribution is -0.142. The molecule has 150 valence electrons. The second kappa shape index (κ2) is 8.47. The molecule has 1 aromatic heterocycles. The van der Waals surface area contributed by atoms with Crippen molar-refractivity contribution in [3.8, 4) is 11.1 Å². The van der Waals surface area contributed by atoms with Crippen LogP contribution in [-0.2, 0) is 27.3 Å². The van der Waals surface area contributed by atoms with Crippen molar-refractivity contribution < 1.29 is 19.4 Å². The average molecular weight is 406 g/mol. The van der Waals surface area contributed by atoms with Crippen LogP contribution in [0.1, 0.15) is 37.4 Å². The molecule has 2 aromatic rings. The van der Waals surface area contributed by atoms with E-state index in [4.69, 9.17) is 21.1 Å². The number of ether oxygens (including phenoxy) is 2. The van der Waals surface area contributed by atoms with Gasteiger partial charge in [0.25, 0.3) is 5.56 Å². The Morgan fingerprint density at radius 3 is 2.75 bits per heavy atom. The number of methoxy groups -OCH3 is 1. The summed E-state index contributed by atoms with van der Waals surface area (Å²) in [6.45, 7) is 4.05. The molecule has 0 aliphatic carbocycles. The first-order chi connectivity index (χ1) is 13.3. The highest BCUT2D eigenvalue weighted by molar-refractivity contribution is 6.30. The van der Waals surface area contributed by atoms with Gasteiger partial charge < -0.3 is 19.1 Å². The number of carboxylic acids is 1. The second-order valence-corrected chi connectivity index (χ2v) is 7.66. The van der Waals surface area contributed by atoms with Crippen LogP contribution >= 0.6 is 11.6 Å². The molecule has 0 fully saturated rings. The summed E-state index contributed by atoms with van der Waals surface area (Å²) in [5.41, 5.74) is 3.03. The van der Waals surface area contributed by atoms with Crippen LogP contribution in [-0.4, -0.2) is 35.0 Å². The number of rotatable bonds is 5. The van der Waals surface area contributed by atoms with Crippen molar-refractivity contribution in [2.75, 3.05) is 7.11 Å². The summed E-state index contributed by atoms with van der Waals surface area (Å²) in [6, 6.07) is 6.08. The standard InChI is InChI=1S/C21H24ClNO5/c1-12(27-3)7-19(21(25)26)23-10-15-11-28-13(2)6-14-4-5-16(22)8-17(14)18(15)9-20(23)24/h4-5,8-10,12-13,19H,6-7,11H2,1-3H3,(H,25,26)/t12-,13+,19?/m0/s1. The molecule has 28 heavy (non-hydrogen) atoms. The van der Waals surface area contributed by atoms with E-state index in [1.54, 1.807) is 13.1 Å². The third-order valence-electron chi connectivity index (χ3n) is 5.13. The molecule has 0 bridgehead atoms. The van der Waals surface area contributed by atoms with E-state index in [0.717, 1.165) is 22.3 Å². The van der Waals surface area contributed by atoms with Gasteiger partial charge in [-0.25, -0.2) is 4.79 Å². The monoisotopic (exact) mass is 405 g/mol. The Hall–Kier alpha value is -2.15. The van der Waals surface area contributed by atoms with Crippen molar-refractivity contribution in [2.24, 2.45) is 0 Å². The van der Waals surface area contributed by atoms with Gasteiger partial charge in [0.2, 0.25) is 0 Å². The Bertz CT molecular complexity index is 939. The smallest absolute Gasteiger partial charge is 0.326 e. The molecule has 0 spiro atoms. The molecule has 6 nitrogen and oxygen atoms in total. The number of hydrogen-bond donors (Lipinski definition) is 1. The Balaban J connectivity index is 2.15. The molecule has 1 aromatic carbocycles. The summed E-state index contributed by atoms with van der Waals surface area (Å²) < 4.78 is 12.4. The number of halogens is 1. The van der Waals surface area contributed by atoms with E-state index in [9.17, 15) is 14.7 Å². The van der Waals surface area contributed by atoms with Gasteiger partial charge in [-0.05, 0) is 49.1 Å². The average Bonchev–Trinajstić information content (AvgIpc) is 2.65. The molecule has 2 heterocycles. The molecule has 1 N–H and O–H groups in total. The summed E-state index contributed by atoms with van der Waals surface area (Å²) in [5, 5.41) is 10.3. The number of nitrogens with zero attached hydrogens (tertiary/aromatic N) is 1. The summed E-state index contributed by atoms with van der Waals surface area (Å²) in [6.07, 6.45) is 2.17. The SMILES string of the molecule is CO[C@@H](C)CC(C(=O)O)n1cc2c(cc1=O)-c1cc(Cl)ccc1C[C@@H](C)OC2. The molecular weight excluding hydrogens is 382 g/mol. The van der Waals surface area contributed by atoms with E-state index in [-0.39, 0.29) is 30.8 Å². The van der Waals surface area contributed by atoms with E-state index < -0.39 is 12.0 Å². The van der Waals surface area contributed by atoms with Crippen molar-refractivity contribution in [2.45, 2.75) is 51.5 Å². The van der Waals surface area contributed by atoms with Gasteiger partial charge in [0, 0.05) is 36.4 Å². The number of pyridine rings is 1. The lowest BCUT2D eigenvalue weighted by Crippen LogP contribution is -2.32. The number of benzene rings is 1. The highest BCUT2D eigenvalue weighted by Crippen LogP contribution is 2.33. The fourth-order valence-electron chi connectivity index (χ4n) is 3.52. The molecule has 0 amide bonds. The number of aliphatic carboxylic acids is 1. The van der Waals surface area contributed by atoms with Crippen molar-refractivity contribution in [3.05, 3.63) is 57.0 Å². The fourth-order valence-corrected chi connectivity index (χ4v) is 3.70. The van der Waals surface area contributed by atoms with Crippen LogP contribution < -0.4 is 5.56 Å². The lowest BCUT2D eigenvalue weighted by Gasteiger charge is -2.25. The van der Waals surface area contributed by atoms with Crippen LogP contribution in [0.5, 0.6) is 0 Å². The maximum absolute atomic E-state index is 12.8. The van der Waals surface area contributed by atoms with Gasteiger partial charge in [0.05, 0.1) is 18.8 Å². The minimum Gasteiger partial charge on any atom is -0.480 e. The van der Waals surface area contributed by atoms with Crippen LogP contribution in [0.15, 0.2) is 35.3 Å². The van der Waals surface area contributed by atoms with Gasteiger partial charge in [-0.1, -0.05) is 17.7 Å². The first-order valence-corrected chi connectivity index (χ1v) is 9.59. The first kappa shape index (κ1) is 20.6. The van der Waals surface area contributed by atoms with Crippen LogP contribution in [0.3, 0.4) is 0 Å². The molecule has 0 saturated heterocycles. The van der Waals surface area contributed by atoms with Crippen LogP contribution in [0.4, 0.5) is 0 Å². The summed E-state index contributed by atoms with van der Waals surface area (Å²) >= 11 is 6.20. The Labute approximate surface area is 168 Å². The predicted octanol–water partition coefficient (Wildman–Crippen LogP) is 3.68. The predicted molar refractivity (Wildman–Crippen MR) is 107 cm³/mol. The van der Waals surface area contributed by atoms with E-state index in [0.29, 0.717) is 11.4 Å². The number of fused-ring (bicyclic) bond motifs is 3. The van der Waals surface area contributed by atoms with Crippen molar-refractivity contribution in [3.63, 3.8) is 0 Å². The van der Waals surface area contributed by atoms with Gasteiger partial charge in [0.1, 0.15) is 6.04 Å². The maximum atomic E-state index is 12.8. The first-order valence-electron chi connectivity index (χ1n) is 9.21. The summed E-state index contributed by atoms with van der Waals surface area (Å²) in [7, 11) is 1.52. The topological polar surface area (TPSA) is 77.8 Å². The van der Waals surface area contributed by atoms with Crippen LogP contribution in [0, 0.1) is 0 Å². The third-order valence-corrected chi connectivity index (χ3v) is 5.37. The third kappa shape index (κ3) is 4.29. The molecule has 1 unspecified atom stereocenters. The zero-order chi connectivity index (χ0) is 20.4. The summed E-state index contributed by atoms with van der Waals surface area (Å²) in [4.78, 5) is 24.7. The highest BCUT2D eigenvalue weighted by Gasteiger charge is 2.26. The molecule has 7 heteroatoms. The summed E-state index contributed by atoms with van der Waals surface area (Å²) in [5.74, 6) is -1.07. The molecule has 1 aliphatic heterocycles. The highest BCUT2D eigenvalue weighted by atomic mass is 35.5. The molecule has 1 aliphatic rings. The Morgan fingerprint density at radius 2 is 2.07 bits per heavy atom. The van der Waals surface area contributed by atoms with Crippen LogP contribution in [0.2, 0.25) is 5.02 Å². The zero-order valence-corrected chi connectivity index (χ0v) is 16.9. The quantitative estimate of drug-likeness (QED) is 0.820. The van der Waals surface area contributed by atoms with E-state index in [2.05, 4.69) is 0 Å². The number of carboxylic acid groups (broad SMARTS) is 1. The van der Waals surface area contributed by atoms with Gasteiger partial charge in [-0.3, -0.25) is 4.79 Å². The number of hydrogen-bond acceptors (Lipinski definition) is 4.